The Balaban J connectivity index is 1.29. The number of benzene rings is 2. The SMILES string of the molecule is O=C(CSc1ccc2c(c1)OCCO2)Nc1ccc(N2CCCCC2)c2ccncc12. The highest BCUT2D eigenvalue weighted by Crippen LogP contribution is 2.35. The number of thioether (sulfide) groups is 1. The minimum atomic E-state index is -0.0456. The maximum Gasteiger partial charge on any atom is 0.234 e. The van der Waals surface area contributed by atoms with Crippen molar-refractivity contribution >= 4 is 39.8 Å². The minimum Gasteiger partial charge on any atom is -0.486 e. The molecule has 2 aliphatic heterocycles. The Bertz CT molecular complexity index is 1100. The van der Waals surface area contributed by atoms with Crippen LogP contribution in [0, 0.1) is 0 Å². The highest BCUT2D eigenvalue weighted by molar-refractivity contribution is 8.00. The van der Waals surface area contributed by atoms with Crippen molar-refractivity contribution in [1.82, 2.24) is 4.98 Å². The van der Waals surface area contributed by atoms with Crippen LogP contribution in [-0.4, -0.2) is 42.9 Å². The van der Waals surface area contributed by atoms with Gasteiger partial charge in [0, 0.05) is 46.8 Å². The normalized spacial score (nSPS) is 15.7. The molecule has 160 valence electrons. The second-order valence-corrected chi connectivity index (χ2v) is 8.79. The predicted octanol–water partition coefficient (Wildman–Crippen LogP) is 4.73. The number of aromatic nitrogens is 1. The monoisotopic (exact) mass is 435 g/mol. The van der Waals surface area contributed by atoms with Gasteiger partial charge in [0.25, 0.3) is 0 Å². The summed E-state index contributed by atoms with van der Waals surface area (Å²) in [6, 6.07) is 11.9. The summed E-state index contributed by atoms with van der Waals surface area (Å²) in [5.74, 6) is 1.76. The second kappa shape index (κ2) is 9.06. The molecule has 31 heavy (non-hydrogen) atoms. The third-order valence-corrected chi connectivity index (χ3v) is 6.64. The third kappa shape index (κ3) is 4.42. The van der Waals surface area contributed by atoms with Crippen LogP contribution in [-0.2, 0) is 4.79 Å². The zero-order valence-electron chi connectivity index (χ0n) is 17.3. The molecular formula is C24H25N3O3S. The van der Waals surface area contributed by atoms with E-state index >= 15 is 0 Å². The molecule has 1 amide bonds. The van der Waals surface area contributed by atoms with E-state index in [1.165, 1.54) is 36.7 Å². The van der Waals surface area contributed by atoms with E-state index in [0.29, 0.717) is 19.0 Å². The van der Waals surface area contributed by atoms with E-state index in [-0.39, 0.29) is 5.91 Å². The topological polar surface area (TPSA) is 63.7 Å². The summed E-state index contributed by atoms with van der Waals surface area (Å²) >= 11 is 1.48. The van der Waals surface area contributed by atoms with Gasteiger partial charge in [0.2, 0.25) is 5.91 Å². The number of hydrogen-bond donors (Lipinski definition) is 1. The van der Waals surface area contributed by atoms with Crippen molar-refractivity contribution in [2.45, 2.75) is 24.2 Å². The summed E-state index contributed by atoms with van der Waals surface area (Å²) in [5.41, 5.74) is 2.03. The average molecular weight is 436 g/mol. The molecule has 0 unspecified atom stereocenters. The summed E-state index contributed by atoms with van der Waals surface area (Å²) in [7, 11) is 0. The Morgan fingerprint density at radius 3 is 2.71 bits per heavy atom. The van der Waals surface area contributed by atoms with E-state index in [4.69, 9.17) is 9.47 Å². The third-order valence-electron chi connectivity index (χ3n) is 5.65. The van der Waals surface area contributed by atoms with Crippen molar-refractivity contribution in [2.75, 3.05) is 42.3 Å². The van der Waals surface area contributed by atoms with Crippen molar-refractivity contribution in [3.63, 3.8) is 0 Å². The molecule has 0 aliphatic carbocycles. The van der Waals surface area contributed by atoms with Crippen molar-refractivity contribution in [3.8, 4) is 11.5 Å². The van der Waals surface area contributed by atoms with Crippen LogP contribution in [0.15, 0.2) is 53.7 Å². The lowest BCUT2D eigenvalue weighted by molar-refractivity contribution is -0.113. The van der Waals surface area contributed by atoms with Crippen LogP contribution >= 0.6 is 11.8 Å². The molecule has 1 saturated heterocycles. The molecule has 0 spiro atoms. The van der Waals surface area contributed by atoms with Crippen molar-refractivity contribution in [2.24, 2.45) is 0 Å². The molecule has 0 bridgehead atoms. The Labute approximate surface area is 185 Å². The van der Waals surface area contributed by atoms with Crippen LogP contribution < -0.4 is 19.7 Å². The number of fused-ring (bicyclic) bond motifs is 2. The quantitative estimate of drug-likeness (QED) is 0.585. The predicted molar refractivity (Wildman–Crippen MR) is 125 cm³/mol. The summed E-state index contributed by atoms with van der Waals surface area (Å²) in [4.78, 5) is 20.4. The Hall–Kier alpha value is -2.93. The fourth-order valence-electron chi connectivity index (χ4n) is 4.14. The smallest absolute Gasteiger partial charge is 0.234 e. The molecule has 7 heteroatoms. The highest BCUT2D eigenvalue weighted by atomic mass is 32.2. The number of carbonyl (C=O) groups excluding carboxylic acids is 1. The first-order valence-corrected chi connectivity index (χ1v) is 11.7. The summed E-state index contributed by atoms with van der Waals surface area (Å²) < 4.78 is 11.2. The number of carbonyl (C=O) groups is 1. The van der Waals surface area contributed by atoms with Gasteiger partial charge >= 0.3 is 0 Å². The van der Waals surface area contributed by atoms with Crippen LogP contribution in [0.1, 0.15) is 19.3 Å². The van der Waals surface area contributed by atoms with Gasteiger partial charge in [0.1, 0.15) is 13.2 Å². The van der Waals surface area contributed by atoms with Gasteiger partial charge in [-0.15, -0.1) is 11.8 Å². The highest BCUT2D eigenvalue weighted by Gasteiger charge is 2.17. The molecule has 2 aromatic carbocycles. The fraction of sp³-hybridized carbons (Fsp3) is 0.333. The molecule has 3 aromatic rings. The molecule has 2 aliphatic rings. The molecule has 0 saturated carbocycles. The average Bonchev–Trinajstić information content (AvgIpc) is 2.83. The molecule has 1 fully saturated rings. The number of hydrogen-bond acceptors (Lipinski definition) is 6. The van der Waals surface area contributed by atoms with Gasteiger partial charge < -0.3 is 19.7 Å². The molecule has 0 atom stereocenters. The van der Waals surface area contributed by atoms with E-state index in [1.807, 2.05) is 42.7 Å². The number of rotatable bonds is 5. The van der Waals surface area contributed by atoms with Crippen molar-refractivity contribution < 1.29 is 14.3 Å². The first-order valence-electron chi connectivity index (χ1n) is 10.7. The fourth-order valence-corrected chi connectivity index (χ4v) is 4.87. The van der Waals surface area contributed by atoms with E-state index in [1.54, 1.807) is 0 Å². The molecule has 3 heterocycles. The van der Waals surface area contributed by atoms with Gasteiger partial charge in [-0.2, -0.15) is 0 Å². The minimum absolute atomic E-state index is 0.0456. The molecule has 0 radical (unpaired) electrons. The number of ether oxygens (including phenoxy) is 2. The lowest BCUT2D eigenvalue weighted by Gasteiger charge is -2.30. The van der Waals surface area contributed by atoms with E-state index < -0.39 is 0 Å². The lowest BCUT2D eigenvalue weighted by atomic mass is 10.1. The van der Waals surface area contributed by atoms with E-state index in [0.717, 1.165) is 45.9 Å². The first kappa shape index (κ1) is 20.0. The molecule has 6 nitrogen and oxygen atoms in total. The number of nitrogens with one attached hydrogen (secondary N) is 1. The number of amides is 1. The van der Waals surface area contributed by atoms with Crippen LogP contribution in [0.4, 0.5) is 11.4 Å². The van der Waals surface area contributed by atoms with Crippen LogP contribution in [0.3, 0.4) is 0 Å². The maximum atomic E-state index is 12.7. The van der Waals surface area contributed by atoms with Crippen LogP contribution in [0.5, 0.6) is 11.5 Å². The molecule has 1 aromatic heterocycles. The second-order valence-electron chi connectivity index (χ2n) is 7.74. The number of nitrogens with zero attached hydrogens (tertiary/aromatic N) is 2. The van der Waals surface area contributed by atoms with Crippen LogP contribution in [0.25, 0.3) is 10.8 Å². The van der Waals surface area contributed by atoms with Crippen molar-refractivity contribution in [1.29, 1.82) is 0 Å². The Morgan fingerprint density at radius 2 is 1.84 bits per heavy atom. The van der Waals surface area contributed by atoms with Gasteiger partial charge in [0.15, 0.2) is 11.5 Å². The lowest BCUT2D eigenvalue weighted by Crippen LogP contribution is -2.29. The number of pyridine rings is 1. The molecule has 1 N–H and O–H groups in total. The Morgan fingerprint density at radius 1 is 1.00 bits per heavy atom. The van der Waals surface area contributed by atoms with Gasteiger partial charge in [-0.3, -0.25) is 9.78 Å². The zero-order chi connectivity index (χ0) is 21.0. The molecule has 5 rings (SSSR count). The number of anilines is 2. The zero-order valence-corrected chi connectivity index (χ0v) is 18.1. The van der Waals surface area contributed by atoms with Gasteiger partial charge in [-0.25, -0.2) is 0 Å². The Kier molecular flexibility index (Phi) is 5.84. The van der Waals surface area contributed by atoms with E-state index in [9.17, 15) is 4.79 Å². The summed E-state index contributed by atoms with van der Waals surface area (Å²) in [5, 5.41) is 5.18. The molecular weight excluding hydrogens is 410 g/mol. The summed E-state index contributed by atoms with van der Waals surface area (Å²) in [6.07, 6.45) is 7.40. The van der Waals surface area contributed by atoms with Crippen LogP contribution in [0.2, 0.25) is 0 Å². The standard InChI is InChI=1S/C24H25N3O3S/c28-24(16-31-17-4-7-22-23(14-17)30-13-12-29-22)26-20-5-6-21(27-10-2-1-3-11-27)18-8-9-25-15-19(18)20/h4-9,14-15H,1-3,10-13,16H2,(H,26,28). The van der Waals surface area contributed by atoms with Crippen molar-refractivity contribution in [3.05, 3.63) is 48.8 Å². The number of piperidine rings is 1. The first-order chi connectivity index (χ1) is 15.3. The maximum absolute atomic E-state index is 12.7. The van der Waals surface area contributed by atoms with E-state index in [2.05, 4.69) is 21.3 Å². The van der Waals surface area contributed by atoms with Gasteiger partial charge in [-0.05, 0) is 55.7 Å². The largest absolute Gasteiger partial charge is 0.486 e. The van der Waals surface area contributed by atoms with Gasteiger partial charge in [0.05, 0.1) is 11.4 Å². The van der Waals surface area contributed by atoms with Gasteiger partial charge in [-0.1, -0.05) is 0 Å². The summed E-state index contributed by atoms with van der Waals surface area (Å²) in [6.45, 7) is 3.28.